The topological polar surface area (TPSA) is 97.7 Å². The number of carboxylic acid groups (broad SMARTS) is 2. The first-order valence-corrected chi connectivity index (χ1v) is 7.36. The van der Waals surface area contributed by atoms with Crippen LogP contribution >= 0.6 is 0 Å². The molecule has 0 rings (SSSR count). The van der Waals surface area contributed by atoms with Gasteiger partial charge in [0.2, 0.25) is 0 Å². The van der Waals surface area contributed by atoms with Crippen LogP contribution in [0.15, 0.2) is 0 Å². The van der Waals surface area contributed by atoms with Gasteiger partial charge in [-0.1, -0.05) is 26.7 Å². The molecule has 2 atom stereocenters. The van der Waals surface area contributed by atoms with E-state index in [1.54, 1.807) is 6.92 Å². The third-order valence-electron chi connectivity index (χ3n) is 3.17. The van der Waals surface area contributed by atoms with E-state index in [9.17, 15) is 14.7 Å². The minimum Gasteiger partial charge on any atom is -0.549 e. The third kappa shape index (κ3) is 9.42. The fourth-order valence-corrected chi connectivity index (χ4v) is 2.04. The molecule has 0 fully saturated rings. The lowest BCUT2D eigenvalue weighted by molar-refractivity contribution is -0.873. The van der Waals surface area contributed by atoms with Gasteiger partial charge in [-0.25, -0.2) is 0 Å². The maximum absolute atomic E-state index is 10.8. The number of rotatable bonds is 8. The molecule has 0 amide bonds. The standard InChI is InChI=1S/C9H16O4.C6H16NO/c1-3-5-6-9(4-2,7(10)11)8(12)13;1-6(8)5-7(2,3)4/h3-6H2,1-2H3,(H,10,11)(H,12,13);6,8H,5H2,1-4H3/q;+1/p-1. The molecule has 0 radical (unpaired) electrons. The van der Waals surface area contributed by atoms with E-state index in [2.05, 4.69) is 21.1 Å². The van der Waals surface area contributed by atoms with Gasteiger partial charge in [-0.15, -0.1) is 0 Å². The van der Waals surface area contributed by atoms with Crippen molar-refractivity contribution in [2.45, 2.75) is 52.6 Å². The second-order valence-corrected chi connectivity index (χ2v) is 6.45. The largest absolute Gasteiger partial charge is 0.549 e. The van der Waals surface area contributed by atoms with Gasteiger partial charge in [0, 0.05) is 0 Å². The number of hydrogen-bond acceptors (Lipinski definition) is 4. The Kier molecular flexibility index (Phi) is 10.3. The molecule has 126 valence electrons. The number of aliphatic hydroxyl groups excluding tert-OH is 1. The summed E-state index contributed by atoms with van der Waals surface area (Å²) in [6, 6.07) is 0. The molecule has 6 heteroatoms. The summed E-state index contributed by atoms with van der Waals surface area (Å²) < 4.78 is 0.831. The van der Waals surface area contributed by atoms with Crippen molar-refractivity contribution >= 4 is 11.9 Å². The average Bonchev–Trinajstić information content (AvgIpc) is 2.27. The van der Waals surface area contributed by atoms with Crippen LogP contribution in [0.25, 0.3) is 0 Å². The highest BCUT2D eigenvalue weighted by Gasteiger charge is 2.37. The van der Waals surface area contributed by atoms with Gasteiger partial charge in [0.05, 0.1) is 27.1 Å². The van der Waals surface area contributed by atoms with E-state index >= 15 is 0 Å². The van der Waals surface area contributed by atoms with Crippen LogP contribution in [0.4, 0.5) is 0 Å². The Labute approximate surface area is 128 Å². The summed E-state index contributed by atoms with van der Waals surface area (Å²) in [5.41, 5.74) is -1.68. The summed E-state index contributed by atoms with van der Waals surface area (Å²) in [7, 11) is 6.19. The van der Waals surface area contributed by atoms with Gasteiger partial charge in [0.25, 0.3) is 0 Å². The lowest BCUT2D eigenvalue weighted by Gasteiger charge is -2.28. The zero-order valence-corrected chi connectivity index (χ0v) is 14.2. The number of carbonyl (C=O) groups excluding carboxylic acids is 1. The van der Waals surface area contributed by atoms with Gasteiger partial charge in [-0.2, -0.15) is 0 Å². The van der Waals surface area contributed by atoms with E-state index in [1.165, 1.54) is 0 Å². The lowest BCUT2D eigenvalue weighted by Crippen LogP contribution is -2.47. The van der Waals surface area contributed by atoms with Crippen LogP contribution in [0.5, 0.6) is 0 Å². The van der Waals surface area contributed by atoms with Crippen molar-refractivity contribution in [3.05, 3.63) is 0 Å². The molecule has 0 aromatic carbocycles. The normalized spacial score (nSPS) is 15.4. The average molecular weight is 305 g/mol. The first-order valence-electron chi connectivity index (χ1n) is 7.36. The number of carbonyl (C=O) groups is 2. The van der Waals surface area contributed by atoms with Crippen LogP contribution in [-0.2, 0) is 9.59 Å². The van der Waals surface area contributed by atoms with Crippen LogP contribution in [0.2, 0.25) is 0 Å². The zero-order valence-electron chi connectivity index (χ0n) is 14.2. The Balaban J connectivity index is 0. The molecule has 0 heterocycles. The fourth-order valence-electron chi connectivity index (χ4n) is 2.04. The molecular formula is C15H31NO5. The SMILES string of the molecule is CC(O)C[N+](C)(C)C.CCCCC(CC)(C(=O)[O-])C(=O)O. The highest BCUT2D eigenvalue weighted by molar-refractivity contribution is 5.97. The van der Waals surface area contributed by atoms with Gasteiger partial charge in [-0.05, 0) is 19.8 Å². The van der Waals surface area contributed by atoms with Gasteiger partial charge in [-0.3, -0.25) is 4.79 Å². The number of likely N-dealkylation sites (N-methyl/N-ethyl adjacent to an activating group) is 1. The number of carboxylic acids is 2. The highest BCUT2D eigenvalue weighted by Crippen LogP contribution is 2.28. The lowest BCUT2D eigenvalue weighted by atomic mass is 9.80. The van der Waals surface area contributed by atoms with Crippen LogP contribution < -0.4 is 5.11 Å². The summed E-state index contributed by atoms with van der Waals surface area (Å²) in [6.45, 7) is 6.07. The van der Waals surface area contributed by atoms with E-state index < -0.39 is 17.4 Å². The van der Waals surface area contributed by atoms with E-state index in [0.29, 0.717) is 6.42 Å². The molecule has 0 aromatic rings. The van der Waals surface area contributed by atoms with E-state index in [1.807, 2.05) is 13.8 Å². The second kappa shape index (κ2) is 9.73. The predicted molar refractivity (Wildman–Crippen MR) is 79.5 cm³/mol. The summed E-state index contributed by atoms with van der Waals surface area (Å²) in [5, 5.41) is 28.4. The van der Waals surface area contributed by atoms with Crippen molar-refractivity contribution < 1.29 is 29.4 Å². The second-order valence-electron chi connectivity index (χ2n) is 6.45. The number of unbranched alkanes of at least 4 members (excludes halogenated alkanes) is 1. The monoisotopic (exact) mass is 305 g/mol. The number of aliphatic carboxylic acids is 2. The quantitative estimate of drug-likeness (QED) is 0.502. The van der Waals surface area contributed by atoms with Gasteiger partial charge >= 0.3 is 5.97 Å². The summed E-state index contributed by atoms with van der Waals surface area (Å²) in [6.07, 6.45) is 1.41. The zero-order chi connectivity index (χ0) is 17.3. The van der Waals surface area contributed by atoms with Crippen LogP contribution in [0.3, 0.4) is 0 Å². The Morgan fingerprint density at radius 3 is 1.86 bits per heavy atom. The molecule has 0 aliphatic heterocycles. The van der Waals surface area contributed by atoms with Gasteiger partial charge < -0.3 is 24.6 Å². The minimum absolute atomic E-state index is 0.0741. The fraction of sp³-hybridized carbons (Fsp3) is 0.867. The molecule has 0 saturated carbocycles. The smallest absolute Gasteiger partial charge is 0.315 e. The first kappa shape index (κ1) is 22.1. The number of hydrogen-bond donors (Lipinski definition) is 2. The van der Waals surface area contributed by atoms with E-state index in [0.717, 1.165) is 17.4 Å². The summed E-state index contributed by atoms with van der Waals surface area (Å²) in [4.78, 5) is 21.5. The first-order chi connectivity index (χ1) is 9.42. The molecule has 2 N–H and O–H groups in total. The Bertz CT molecular complexity index is 307. The van der Waals surface area contributed by atoms with Crippen LogP contribution in [-0.4, -0.2) is 60.4 Å². The highest BCUT2D eigenvalue weighted by atomic mass is 16.4. The molecule has 0 saturated heterocycles. The van der Waals surface area contributed by atoms with E-state index in [-0.39, 0.29) is 18.9 Å². The Hall–Kier alpha value is -1.14. The van der Waals surface area contributed by atoms with Crippen LogP contribution in [0, 0.1) is 5.41 Å². The summed E-state index contributed by atoms with van der Waals surface area (Å²) in [5.74, 6) is -2.76. The van der Waals surface area contributed by atoms with Gasteiger partial charge in [0.15, 0.2) is 0 Å². The van der Waals surface area contributed by atoms with Gasteiger partial charge in [0.1, 0.15) is 18.1 Å². The Morgan fingerprint density at radius 1 is 1.24 bits per heavy atom. The minimum atomic E-state index is -1.68. The maximum atomic E-state index is 10.8. The third-order valence-corrected chi connectivity index (χ3v) is 3.17. The maximum Gasteiger partial charge on any atom is 0.315 e. The van der Waals surface area contributed by atoms with Crippen molar-refractivity contribution in [3.8, 4) is 0 Å². The summed E-state index contributed by atoms with van der Waals surface area (Å²) >= 11 is 0. The molecular weight excluding hydrogens is 274 g/mol. The van der Waals surface area contributed by atoms with Crippen LogP contribution in [0.1, 0.15) is 46.5 Å². The molecule has 0 aliphatic rings. The molecule has 6 nitrogen and oxygen atoms in total. The Morgan fingerprint density at radius 2 is 1.71 bits per heavy atom. The van der Waals surface area contributed by atoms with E-state index in [4.69, 9.17) is 10.2 Å². The molecule has 0 spiro atoms. The molecule has 2 unspecified atom stereocenters. The molecule has 0 aliphatic carbocycles. The van der Waals surface area contributed by atoms with Crippen molar-refractivity contribution in [1.29, 1.82) is 0 Å². The number of quaternary nitrogens is 1. The van der Waals surface area contributed by atoms with Crippen molar-refractivity contribution in [1.82, 2.24) is 0 Å². The van der Waals surface area contributed by atoms with Crippen molar-refractivity contribution in [3.63, 3.8) is 0 Å². The number of aliphatic hydroxyl groups is 1. The van der Waals surface area contributed by atoms with Crippen molar-refractivity contribution in [2.75, 3.05) is 27.7 Å². The van der Waals surface area contributed by atoms with Crippen molar-refractivity contribution in [2.24, 2.45) is 5.41 Å². The molecule has 0 aromatic heterocycles. The molecule has 0 bridgehead atoms. The number of nitrogens with zero attached hydrogens (tertiary/aromatic N) is 1. The molecule has 21 heavy (non-hydrogen) atoms. The predicted octanol–water partition coefficient (Wildman–Crippen LogP) is 0.481.